The van der Waals surface area contributed by atoms with Gasteiger partial charge in [-0.05, 0) is 22.8 Å². The van der Waals surface area contributed by atoms with Crippen molar-refractivity contribution in [2.24, 2.45) is 5.41 Å². The summed E-state index contributed by atoms with van der Waals surface area (Å²) in [6.07, 6.45) is -0.0862. The molecule has 4 amide bonds. The van der Waals surface area contributed by atoms with E-state index < -0.39 is 34.2 Å². The van der Waals surface area contributed by atoms with Gasteiger partial charge in [0, 0.05) is 31.3 Å². The number of anilines is 1. The van der Waals surface area contributed by atoms with Crippen molar-refractivity contribution in [2.75, 3.05) is 11.9 Å². The third-order valence-electron chi connectivity index (χ3n) is 6.77. The van der Waals surface area contributed by atoms with Crippen LogP contribution in [0.4, 0.5) is 16.2 Å². The monoisotopic (exact) mass is 470 g/mol. The molecule has 0 bridgehead atoms. The lowest BCUT2D eigenvalue weighted by atomic mass is 9.66. The number of nitrogens with one attached hydrogen (secondary N) is 1. The van der Waals surface area contributed by atoms with E-state index in [1.165, 1.54) is 12.1 Å². The quantitative estimate of drug-likeness (QED) is 0.354. The number of nitro groups is 1. The van der Waals surface area contributed by atoms with Gasteiger partial charge >= 0.3 is 6.03 Å². The van der Waals surface area contributed by atoms with Crippen LogP contribution < -0.4 is 10.2 Å². The number of benzene rings is 3. The number of amides is 4. The minimum absolute atomic E-state index is 0.00639. The van der Waals surface area contributed by atoms with Gasteiger partial charge in [-0.25, -0.2) is 4.79 Å². The van der Waals surface area contributed by atoms with Crippen molar-refractivity contribution >= 4 is 29.2 Å². The van der Waals surface area contributed by atoms with Crippen molar-refractivity contribution < 1.29 is 19.3 Å². The lowest BCUT2D eigenvalue weighted by Gasteiger charge is -2.51. The molecule has 1 N–H and O–H groups in total. The van der Waals surface area contributed by atoms with E-state index in [4.69, 9.17) is 0 Å². The second-order valence-corrected chi connectivity index (χ2v) is 8.78. The zero-order chi connectivity index (χ0) is 24.7. The lowest BCUT2D eigenvalue weighted by Crippen LogP contribution is -2.68. The number of urea groups is 1. The highest BCUT2D eigenvalue weighted by atomic mass is 16.6. The molecule has 0 aliphatic carbocycles. The predicted molar refractivity (Wildman–Crippen MR) is 127 cm³/mol. The van der Waals surface area contributed by atoms with Crippen LogP contribution in [0.2, 0.25) is 0 Å². The summed E-state index contributed by atoms with van der Waals surface area (Å²) in [7, 11) is 1.75. The van der Waals surface area contributed by atoms with Gasteiger partial charge in [-0.1, -0.05) is 60.7 Å². The molecular weight excluding hydrogens is 448 g/mol. The van der Waals surface area contributed by atoms with Gasteiger partial charge < -0.3 is 4.90 Å². The largest absolute Gasteiger partial charge is 0.366 e. The Kier molecular flexibility index (Phi) is 5.32. The lowest BCUT2D eigenvalue weighted by molar-refractivity contribution is -0.384. The SMILES string of the molecule is CN1c2ccc([N+](=O)[O-])cc2C[C@]2(C(=O)NC(=O)N(Cc3ccccc3)C2=O)[C@@H]1c1ccccc1. The maximum absolute atomic E-state index is 14.2. The number of non-ortho nitro benzene ring substituents is 1. The maximum atomic E-state index is 14.2. The van der Waals surface area contributed by atoms with Crippen LogP contribution in [0.5, 0.6) is 0 Å². The Balaban J connectivity index is 1.69. The van der Waals surface area contributed by atoms with Crippen molar-refractivity contribution in [3.05, 3.63) is 106 Å². The molecule has 0 aromatic heterocycles. The van der Waals surface area contributed by atoms with Gasteiger partial charge in [-0.2, -0.15) is 0 Å². The third kappa shape index (κ3) is 3.52. The van der Waals surface area contributed by atoms with E-state index in [1.807, 2.05) is 36.4 Å². The Bertz CT molecular complexity index is 1340. The van der Waals surface area contributed by atoms with Crippen LogP contribution >= 0.6 is 0 Å². The summed E-state index contributed by atoms with van der Waals surface area (Å²) >= 11 is 0. The molecule has 2 aliphatic rings. The standard InChI is InChI=1S/C26H22N4O5/c1-28-21-13-12-20(30(34)35)14-19(21)15-26(22(28)18-10-6-3-7-11-18)23(31)27-25(33)29(24(26)32)16-17-8-4-2-5-9-17/h2-14,22H,15-16H2,1H3,(H,27,31,33)/t22-,26+/m0/s1. The molecule has 0 radical (unpaired) electrons. The van der Waals surface area contributed by atoms with Crippen LogP contribution in [-0.2, 0) is 22.6 Å². The Morgan fingerprint density at radius 3 is 2.31 bits per heavy atom. The van der Waals surface area contributed by atoms with Crippen molar-refractivity contribution in [1.82, 2.24) is 10.2 Å². The summed E-state index contributed by atoms with van der Waals surface area (Å²) in [6, 6.07) is 21.1. The predicted octanol–water partition coefficient (Wildman–Crippen LogP) is 3.59. The number of hydrogen-bond acceptors (Lipinski definition) is 6. The van der Waals surface area contributed by atoms with Crippen LogP contribution in [0, 0.1) is 15.5 Å². The molecule has 2 atom stereocenters. The summed E-state index contributed by atoms with van der Waals surface area (Å²) < 4.78 is 0. The number of carbonyl (C=O) groups excluding carboxylic acids is 3. The molecule has 35 heavy (non-hydrogen) atoms. The zero-order valence-corrected chi connectivity index (χ0v) is 18.9. The Hall–Kier alpha value is -4.53. The Labute approximate surface area is 201 Å². The van der Waals surface area contributed by atoms with E-state index in [0.29, 0.717) is 11.3 Å². The van der Waals surface area contributed by atoms with E-state index >= 15 is 0 Å². The number of nitrogens with zero attached hydrogens (tertiary/aromatic N) is 3. The van der Waals surface area contributed by atoms with Crippen LogP contribution in [0.3, 0.4) is 0 Å². The van der Waals surface area contributed by atoms with Gasteiger partial charge in [0.05, 0.1) is 17.5 Å². The fourth-order valence-corrected chi connectivity index (χ4v) is 5.19. The number of hydrogen-bond donors (Lipinski definition) is 1. The molecular formula is C26H22N4O5. The first-order chi connectivity index (χ1) is 16.8. The van der Waals surface area contributed by atoms with Gasteiger partial charge in [0.1, 0.15) is 0 Å². The highest BCUT2D eigenvalue weighted by Gasteiger charge is 2.62. The molecule has 1 saturated heterocycles. The number of barbiturate groups is 1. The molecule has 3 aromatic rings. The van der Waals surface area contributed by atoms with Gasteiger partial charge in [-0.3, -0.25) is 29.9 Å². The highest BCUT2D eigenvalue weighted by Crippen LogP contribution is 2.51. The number of nitro benzene ring substituents is 1. The molecule has 1 fully saturated rings. The van der Waals surface area contributed by atoms with Gasteiger partial charge in [0.15, 0.2) is 5.41 Å². The fraction of sp³-hybridized carbons (Fsp3) is 0.192. The van der Waals surface area contributed by atoms with Crippen LogP contribution in [0.25, 0.3) is 0 Å². The summed E-state index contributed by atoms with van der Waals surface area (Å²) in [6.45, 7) is -0.00639. The summed E-state index contributed by atoms with van der Waals surface area (Å²) in [5.41, 5.74) is 0.787. The molecule has 3 aromatic carbocycles. The van der Waals surface area contributed by atoms with Crippen molar-refractivity contribution in [1.29, 1.82) is 0 Å². The molecule has 2 heterocycles. The topological polar surface area (TPSA) is 113 Å². The first kappa shape index (κ1) is 22.3. The highest BCUT2D eigenvalue weighted by molar-refractivity contribution is 6.20. The second-order valence-electron chi connectivity index (χ2n) is 8.78. The van der Waals surface area contributed by atoms with Crippen molar-refractivity contribution in [3.8, 4) is 0 Å². The number of carbonyl (C=O) groups is 3. The first-order valence-corrected chi connectivity index (χ1v) is 11.1. The molecule has 0 saturated carbocycles. The fourth-order valence-electron chi connectivity index (χ4n) is 5.19. The maximum Gasteiger partial charge on any atom is 0.331 e. The minimum Gasteiger partial charge on any atom is -0.366 e. The third-order valence-corrected chi connectivity index (χ3v) is 6.77. The smallest absolute Gasteiger partial charge is 0.331 e. The van der Waals surface area contributed by atoms with E-state index in [-0.39, 0.29) is 18.7 Å². The first-order valence-electron chi connectivity index (χ1n) is 11.1. The van der Waals surface area contributed by atoms with E-state index in [9.17, 15) is 24.5 Å². The second kappa shape index (κ2) is 8.35. The normalized spacial score (nSPS) is 21.6. The van der Waals surface area contributed by atoms with E-state index in [0.717, 1.165) is 16.0 Å². The molecule has 9 nitrogen and oxygen atoms in total. The minimum atomic E-state index is -1.71. The van der Waals surface area contributed by atoms with E-state index in [1.54, 1.807) is 42.3 Å². The Morgan fingerprint density at radius 1 is 1.00 bits per heavy atom. The Morgan fingerprint density at radius 2 is 1.66 bits per heavy atom. The average molecular weight is 470 g/mol. The zero-order valence-electron chi connectivity index (χ0n) is 18.9. The summed E-state index contributed by atoms with van der Waals surface area (Å²) in [4.78, 5) is 54.4. The molecule has 2 aliphatic heterocycles. The number of rotatable bonds is 4. The molecule has 5 rings (SSSR count). The van der Waals surface area contributed by atoms with Gasteiger partial charge in [0.25, 0.3) is 5.69 Å². The molecule has 176 valence electrons. The number of imide groups is 2. The van der Waals surface area contributed by atoms with E-state index in [2.05, 4.69) is 5.32 Å². The molecule has 0 unspecified atom stereocenters. The summed E-state index contributed by atoms with van der Waals surface area (Å²) in [5.74, 6) is -1.34. The van der Waals surface area contributed by atoms with Crippen molar-refractivity contribution in [2.45, 2.75) is 19.0 Å². The van der Waals surface area contributed by atoms with Crippen LogP contribution in [0.1, 0.15) is 22.7 Å². The van der Waals surface area contributed by atoms with Gasteiger partial charge in [-0.15, -0.1) is 0 Å². The number of fused-ring (bicyclic) bond motifs is 1. The van der Waals surface area contributed by atoms with Gasteiger partial charge in [0.2, 0.25) is 11.8 Å². The molecule has 9 heteroatoms. The van der Waals surface area contributed by atoms with Crippen molar-refractivity contribution in [3.63, 3.8) is 0 Å². The summed E-state index contributed by atoms with van der Waals surface area (Å²) in [5, 5.41) is 13.8. The average Bonchev–Trinajstić information content (AvgIpc) is 2.86. The van der Waals surface area contributed by atoms with Crippen LogP contribution in [0.15, 0.2) is 78.9 Å². The molecule has 1 spiro atoms. The van der Waals surface area contributed by atoms with Crippen LogP contribution in [-0.4, -0.2) is 34.7 Å².